The van der Waals surface area contributed by atoms with E-state index in [1.54, 1.807) is 0 Å². The molecule has 0 saturated carbocycles. The minimum atomic E-state index is -4.56. The smallest absolute Gasteiger partial charge is 0.416 e. The maximum Gasteiger partial charge on any atom is 0.416 e. The Bertz CT molecular complexity index is 639. The summed E-state index contributed by atoms with van der Waals surface area (Å²) in [6.07, 6.45) is -3.97. The number of carboxylic acid groups (broad SMARTS) is 1. The highest BCUT2D eigenvalue weighted by molar-refractivity contribution is 7.89. The second-order valence-corrected chi connectivity index (χ2v) is 6.52. The van der Waals surface area contributed by atoms with Crippen LogP contribution in [-0.2, 0) is 21.0 Å². The Morgan fingerprint density at radius 2 is 1.81 bits per heavy atom. The van der Waals surface area contributed by atoms with Crippen LogP contribution in [0.3, 0.4) is 0 Å². The molecule has 1 aliphatic rings. The molecule has 1 aromatic carbocycles. The van der Waals surface area contributed by atoms with Gasteiger partial charge in [-0.1, -0.05) is 0 Å². The van der Waals surface area contributed by atoms with Crippen LogP contribution in [0.5, 0.6) is 0 Å². The highest BCUT2D eigenvalue weighted by Crippen LogP contribution is 2.31. The van der Waals surface area contributed by atoms with Crippen molar-refractivity contribution in [1.82, 2.24) is 4.31 Å². The fourth-order valence-corrected chi connectivity index (χ4v) is 3.88. The van der Waals surface area contributed by atoms with Crippen LogP contribution in [0.1, 0.15) is 18.4 Å². The number of nitrogens with zero attached hydrogens (tertiary/aromatic N) is 1. The minimum absolute atomic E-state index is 0.0420. The van der Waals surface area contributed by atoms with Gasteiger partial charge in [0, 0.05) is 6.54 Å². The Hall–Kier alpha value is -1.61. The summed E-state index contributed by atoms with van der Waals surface area (Å²) in [5.74, 6) is -1.26. The Balaban J connectivity index is 2.34. The summed E-state index contributed by atoms with van der Waals surface area (Å²) in [6.45, 7) is 0.0420. The third-order valence-corrected chi connectivity index (χ3v) is 5.20. The molecule has 1 heterocycles. The SMILES string of the molecule is O=C(O)[C@@H]1CCCN1S(=O)(=O)c1ccc(C(F)(F)F)cc1. The van der Waals surface area contributed by atoms with Gasteiger partial charge in [-0.15, -0.1) is 0 Å². The van der Waals surface area contributed by atoms with Crippen LogP contribution in [0.4, 0.5) is 13.2 Å². The third kappa shape index (κ3) is 3.03. The summed E-state index contributed by atoms with van der Waals surface area (Å²) in [5, 5.41) is 8.99. The maximum atomic E-state index is 12.4. The van der Waals surface area contributed by atoms with Crippen molar-refractivity contribution in [3.63, 3.8) is 0 Å². The first-order valence-electron chi connectivity index (χ1n) is 6.06. The van der Waals surface area contributed by atoms with Gasteiger partial charge in [0.2, 0.25) is 10.0 Å². The highest BCUT2D eigenvalue weighted by atomic mass is 32.2. The van der Waals surface area contributed by atoms with Gasteiger partial charge in [0.25, 0.3) is 0 Å². The van der Waals surface area contributed by atoms with Gasteiger partial charge in [0.1, 0.15) is 6.04 Å². The van der Waals surface area contributed by atoms with Gasteiger partial charge in [0.05, 0.1) is 10.5 Å². The number of carbonyl (C=O) groups is 1. The number of sulfonamides is 1. The molecule has 0 aliphatic carbocycles. The van der Waals surface area contributed by atoms with Gasteiger partial charge in [-0.25, -0.2) is 8.42 Å². The van der Waals surface area contributed by atoms with Crippen molar-refractivity contribution in [1.29, 1.82) is 0 Å². The Morgan fingerprint density at radius 1 is 1.24 bits per heavy atom. The van der Waals surface area contributed by atoms with E-state index in [2.05, 4.69) is 0 Å². The summed E-state index contributed by atoms with van der Waals surface area (Å²) in [6, 6.07) is 1.85. The van der Waals surface area contributed by atoms with E-state index in [-0.39, 0.29) is 17.9 Å². The molecule has 21 heavy (non-hydrogen) atoms. The van der Waals surface area contributed by atoms with E-state index in [0.29, 0.717) is 18.6 Å². The molecule has 0 amide bonds. The first kappa shape index (κ1) is 15.8. The highest BCUT2D eigenvalue weighted by Gasteiger charge is 2.39. The van der Waals surface area contributed by atoms with Crippen molar-refractivity contribution in [2.75, 3.05) is 6.54 Å². The van der Waals surface area contributed by atoms with Crippen LogP contribution in [0, 0.1) is 0 Å². The summed E-state index contributed by atoms with van der Waals surface area (Å²) in [5.41, 5.74) is -0.961. The fraction of sp³-hybridized carbons (Fsp3) is 0.417. The van der Waals surface area contributed by atoms with Crippen LogP contribution in [-0.4, -0.2) is 36.4 Å². The monoisotopic (exact) mass is 323 g/mol. The molecule has 1 aliphatic heterocycles. The molecule has 1 atom stereocenters. The molecule has 1 fully saturated rings. The van der Waals surface area contributed by atoms with Crippen LogP contribution in [0.15, 0.2) is 29.2 Å². The number of hydrogen-bond acceptors (Lipinski definition) is 3. The average molecular weight is 323 g/mol. The normalized spacial score (nSPS) is 20.6. The quantitative estimate of drug-likeness (QED) is 0.922. The number of alkyl halides is 3. The van der Waals surface area contributed by atoms with Gasteiger partial charge in [-0.3, -0.25) is 4.79 Å². The van der Waals surface area contributed by atoms with Crippen LogP contribution in [0.25, 0.3) is 0 Å². The van der Waals surface area contributed by atoms with E-state index in [4.69, 9.17) is 5.11 Å². The van der Waals surface area contributed by atoms with Crippen LogP contribution < -0.4 is 0 Å². The lowest BCUT2D eigenvalue weighted by molar-refractivity contribution is -0.140. The predicted octanol–water partition coefficient (Wildman–Crippen LogP) is 1.94. The molecule has 1 aromatic rings. The number of rotatable bonds is 3. The van der Waals surface area contributed by atoms with Crippen molar-refractivity contribution >= 4 is 16.0 Å². The number of carboxylic acids is 1. The number of aliphatic carboxylic acids is 1. The van der Waals surface area contributed by atoms with Gasteiger partial charge in [-0.05, 0) is 37.1 Å². The van der Waals surface area contributed by atoms with Crippen molar-refractivity contribution in [2.24, 2.45) is 0 Å². The molecule has 0 radical (unpaired) electrons. The van der Waals surface area contributed by atoms with E-state index in [1.165, 1.54) is 0 Å². The van der Waals surface area contributed by atoms with Crippen molar-refractivity contribution < 1.29 is 31.5 Å². The van der Waals surface area contributed by atoms with Crippen molar-refractivity contribution in [2.45, 2.75) is 30.0 Å². The summed E-state index contributed by atoms with van der Waals surface area (Å²) < 4.78 is 62.7. The van der Waals surface area contributed by atoms with Crippen LogP contribution in [0.2, 0.25) is 0 Å². The number of benzene rings is 1. The lowest BCUT2D eigenvalue weighted by atomic mass is 10.2. The molecule has 0 spiro atoms. The lowest BCUT2D eigenvalue weighted by Crippen LogP contribution is -2.40. The van der Waals surface area contributed by atoms with Crippen LogP contribution >= 0.6 is 0 Å². The number of halogens is 3. The Kier molecular flexibility index (Phi) is 3.98. The first-order valence-corrected chi connectivity index (χ1v) is 7.50. The van der Waals surface area contributed by atoms with E-state index in [0.717, 1.165) is 16.4 Å². The fourth-order valence-electron chi connectivity index (χ4n) is 2.23. The predicted molar refractivity (Wildman–Crippen MR) is 66.0 cm³/mol. The zero-order chi connectivity index (χ0) is 15.8. The Morgan fingerprint density at radius 3 is 2.29 bits per heavy atom. The second kappa shape index (κ2) is 5.30. The average Bonchev–Trinajstić information content (AvgIpc) is 2.88. The molecule has 116 valence electrons. The zero-order valence-electron chi connectivity index (χ0n) is 10.7. The molecule has 2 rings (SSSR count). The topological polar surface area (TPSA) is 74.7 Å². The van der Waals surface area contributed by atoms with Gasteiger partial charge in [-0.2, -0.15) is 17.5 Å². The van der Waals surface area contributed by atoms with E-state index < -0.39 is 33.8 Å². The third-order valence-electron chi connectivity index (χ3n) is 3.28. The molecule has 1 saturated heterocycles. The lowest BCUT2D eigenvalue weighted by Gasteiger charge is -2.21. The molecule has 0 aromatic heterocycles. The molecular formula is C12H12F3NO4S. The second-order valence-electron chi connectivity index (χ2n) is 4.63. The van der Waals surface area contributed by atoms with Gasteiger partial charge >= 0.3 is 12.1 Å². The van der Waals surface area contributed by atoms with E-state index >= 15 is 0 Å². The van der Waals surface area contributed by atoms with E-state index in [9.17, 15) is 26.4 Å². The standard InChI is InChI=1S/C12H12F3NO4S/c13-12(14,15)8-3-5-9(6-4-8)21(19,20)16-7-1-2-10(16)11(17)18/h3-6,10H,1-2,7H2,(H,17,18)/t10-/m0/s1. The molecule has 1 N–H and O–H groups in total. The molecule has 9 heteroatoms. The maximum absolute atomic E-state index is 12.4. The number of hydrogen-bond donors (Lipinski definition) is 1. The largest absolute Gasteiger partial charge is 0.480 e. The molecule has 5 nitrogen and oxygen atoms in total. The molecule has 0 bridgehead atoms. The van der Waals surface area contributed by atoms with E-state index in [1.807, 2.05) is 0 Å². The summed E-state index contributed by atoms with van der Waals surface area (Å²) >= 11 is 0. The van der Waals surface area contributed by atoms with Gasteiger partial charge in [0.15, 0.2) is 0 Å². The van der Waals surface area contributed by atoms with Crippen molar-refractivity contribution in [3.05, 3.63) is 29.8 Å². The van der Waals surface area contributed by atoms with Crippen molar-refractivity contribution in [3.8, 4) is 0 Å². The summed E-state index contributed by atoms with van der Waals surface area (Å²) in [7, 11) is -4.11. The minimum Gasteiger partial charge on any atom is -0.480 e. The first-order chi connectivity index (χ1) is 9.64. The summed E-state index contributed by atoms with van der Waals surface area (Å²) in [4.78, 5) is 10.7. The van der Waals surface area contributed by atoms with Gasteiger partial charge < -0.3 is 5.11 Å². The molecule has 0 unspecified atom stereocenters. The molecular weight excluding hydrogens is 311 g/mol. The zero-order valence-corrected chi connectivity index (χ0v) is 11.5. The Labute approximate surface area is 119 Å².